The Kier molecular flexibility index (Phi) is 5.63. The Labute approximate surface area is 140 Å². The van der Waals surface area contributed by atoms with Crippen molar-refractivity contribution >= 4 is 15.9 Å². The van der Waals surface area contributed by atoms with Gasteiger partial charge in [0.15, 0.2) is 6.61 Å². The number of halogens is 12. The predicted molar refractivity (Wildman–Crippen MR) is 65.5 cm³/mol. The second kappa shape index (κ2) is 6.47. The second-order valence-corrected chi connectivity index (χ2v) is 5.59. The molecule has 0 fully saturated rings. The Morgan fingerprint density at radius 1 is 0.760 bits per heavy atom. The van der Waals surface area contributed by atoms with Crippen molar-refractivity contribution in [1.29, 1.82) is 0 Å². The molecule has 13 heteroatoms. The minimum atomic E-state index is -7.43. The summed E-state index contributed by atoms with van der Waals surface area (Å²) in [5.41, 5.74) is 0. The summed E-state index contributed by atoms with van der Waals surface area (Å²) in [4.78, 5) is 0. The van der Waals surface area contributed by atoms with Crippen LogP contribution in [0, 0.1) is 0 Å². The van der Waals surface area contributed by atoms with Crippen molar-refractivity contribution in [2.24, 2.45) is 0 Å². The van der Waals surface area contributed by atoms with Gasteiger partial charge >= 0.3 is 29.9 Å². The van der Waals surface area contributed by atoms with Crippen LogP contribution in [0.15, 0.2) is 28.7 Å². The molecule has 0 saturated heterocycles. The summed E-state index contributed by atoms with van der Waals surface area (Å²) in [7, 11) is 0. The zero-order chi connectivity index (χ0) is 19.9. The summed E-state index contributed by atoms with van der Waals surface area (Å²) >= 11 is 2.84. The van der Waals surface area contributed by atoms with Crippen molar-refractivity contribution in [3.05, 3.63) is 28.7 Å². The lowest BCUT2D eigenvalue weighted by molar-refractivity contribution is -0.423. The molecule has 25 heavy (non-hydrogen) atoms. The van der Waals surface area contributed by atoms with Crippen LogP contribution in [0.2, 0.25) is 0 Å². The number of hydrogen-bond acceptors (Lipinski definition) is 1. The fraction of sp³-hybridized carbons (Fsp3) is 0.500. The topological polar surface area (TPSA) is 9.23 Å². The lowest BCUT2D eigenvalue weighted by Crippen LogP contribution is -2.67. The van der Waals surface area contributed by atoms with Crippen LogP contribution in [0.4, 0.5) is 48.3 Å². The SMILES string of the molecule is FC(F)(F)C(F)(F)C(F)(F)C(F)(F)C(F)(F)COc1cccc(Br)c1. The lowest BCUT2D eigenvalue weighted by atomic mass is 9.98. The molecule has 0 aliphatic heterocycles. The van der Waals surface area contributed by atoms with Gasteiger partial charge in [-0.15, -0.1) is 0 Å². The third-order valence-electron chi connectivity index (χ3n) is 2.82. The van der Waals surface area contributed by atoms with E-state index in [1.807, 2.05) is 0 Å². The van der Waals surface area contributed by atoms with Gasteiger partial charge in [0, 0.05) is 4.47 Å². The van der Waals surface area contributed by atoms with Gasteiger partial charge in [0.05, 0.1) is 0 Å². The first-order chi connectivity index (χ1) is 11.0. The number of ether oxygens (including phenoxy) is 1. The minimum absolute atomic E-state index is 0.203. The number of alkyl halides is 11. The van der Waals surface area contributed by atoms with Gasteiger partial charge in [-0.25, -0.2) is 0 Å². The number of hydrogen-bond donors (Lipinski definition) is 0. The standard InChI is InChI=1S/C12H6BrF11O/c13-6-2-1-3-7(4-6)25-5-8(14,15)9(16,17)10(18,19)11(20,21)12(22,23)24/h1-4H,5H2. The van der Waals surface area contributed by atoms with Gasteiger partial charge < -0.3 is 4.74 Å². The summed E-state index contributed by atoms with van der Waals surface area (Å²) in [6.45, 7) is -2.57. The highest BCUT2D eigenvalue weighted by molar-refractivity contribution is 9.10. The average Bonchev–Trinajstić information content (AvgIpc) is 2.43. The van der Waals surface area contributed by atoms with E-state index in [9.17, 15) is 48.3 Å². The highest BCUT2D eigenvalue weighted by atomic mass is 79.9. The molecule has 0 aromatic heterocycles. The lowest BCUT2D eigenvalue weighted by Gasteiger charge is -2.37. The van der Waals surface area contributed by atoms with Crippen molar-refractivity contribution in [2.45, 2.75) is 29.9 Å². The van der Waals surface area contributed by atoms with Gasteiger partial charge in [0.2, 0.25) is 0 Å². The molecule has 1 aromatic carbocycles. The Morgan fingerprint density at radius 2 is 1.28 bits per heavy atom. The van der Waals surface area contributed by atoms with Crippen LogP contribution < -0.4 is 4.74 Å². The Balaban J connectivity index is 3.12. The van der Waals surface area contributed by atoms with Crippen molar-refractivity contribution in [2.75, 3.05) is 6.61 Å². The zero-order valence-electron chi connectivity index (χ0n) is 11.5. The van der Waals surface area contributed by atoms with E-state index in [1.165, 1.54) is 12.1 Å². The van der Waals surface area contributed by atoms with Gasteiger partial charge in [-0.2, -0.15) is 48.3 Å². The molecular weight excluding hydrogens is 449 g/mol. The molecule has 0 amide bonds. The first-order valence-corrected chi connectivity index (χ1v) is 6.73. The first-order valence-electron chi connectivity index (χ1n) is 5.94. The predicted octanol–water partition coefficient (Wildman–Crippen LogP) is 5.93. The van der Waals surface area contributed by atoms with Crippen molar-refractivity contribution in [3.63, 3.8) is 0 Å². The van der Waals surface area contributed by atoms with Crippen molar-refractivity contribution in [1.82, 2.24) is 0 Å². The minimum Gasteiger partial charge on any atom is -0.487 e. The molecule has 0 radical (unpaired) electrons. The molecule has 0 unspecified atom stereocenters. The maximum atomic E-state index is 13.3. The quantitative estimate of drug-likeness (QED) is 0.484. The van der Waals surface area contributed by atoms with Crippen LogP contribution in [0.5, 0.6) is 5.75 Å². The third-order valence-corrected chi connectivity index (χ3v) is 3.31. The van der Waals surface area contributed by atoms with Crippen LogP contribution in [0.1, 0.15) is 0 Å². The molecule has 1 aromatic rings. The highest BCUT2D eigenvalue weighted by Gasteiger charge is 2.87. The second-order valence-electron chi connectivity index (χ2n) is 4.67. The molecule has 1 nitrogen and oxygen atoms in total. The zero-order valence-corrected chi connectivity index (χ0v) is 13.0. The van der Waals surface area contributed by atoms with E-state index in [1.54, 1.807) is 0 Å². The third kappa shape index (κ3) is 3.80. The van der Waals surface area contributed by atoms with Gasteiger partial charge in [0.1, 0.15) is 5.75 Å². The van der Waals surface area contributed by atoms with E-state index in [4.69, 9.17) is 0 Å². The molecule has 0 bridgehead atoms. The molecule has 0 heterocycles. The van der Waals surface area contributed by atoms with E-state index in [0.717, 1.165) is 12.1 Å². The molecular formula is C12H6BrF11O. The fourth-order valence-corrected chi connectivity index (χ4v) is 1.80. The monoisotopic (exact) mass is 454 g/mol. The molecule has 0 N–H and O–H groups in total. The maximum absolute atomic E-state index is 13.3. The van der Waals surface area contributed by atoms with Crippen LogP contribution in [-0.4, -0.2) is 36.5 Å². The Morgan fingerprint density at radius 3 is 1.72 bits per heavy atom. The molecule has 1 rings (SSSR count). The first kappa shape index (κ1) is 21.8. The summed E-state index contributed by atoms with van der Waals surface area (Å²) in [5.74, 6) is -28.5. The van der Waals surface area contributed by atoms with Gasteiger partial charge in [0.25, 0.3) is 0 Å². The highest BCUT2D eigenvalue weighted by Crippen LogP contribution is 2.57. The molecule has 0 aliphatic rings. The van der Waals surface area contributed by atoms with Gasteiger partial charge in [-0.3, -0.25) is 0 Å². The molecule has 0 saturated carbocycles. The fourth-order valence-electron chi connectivity index (χ4n) is 1.43. The molecule has 144 valence electrons. The van der Waals surface area contributed by atoms with E-state index in [-0.39, 0.29) is 4.47 Å². The van der Waals surface area contributed by atoms with Crippen LogP contribution in [-0.2, 0) is 0 Å². The van der Waals surface area contributed by atoms with Crippen LogP contribution >= 0.6 is 15.9 Å². The van der Waals surface area contributed by atoms with E-state index < -0.39 is 42.2 Å². The van der Waals surface area contributed by atoms with E-state index in [0.29, 0.717) is 0 Å². The summed E-state index contributed by atoms with van der Waals surface area (Å²) in [5, 5.41) is 0. The van der Waals surface area contributed by atoms with E-state index in [2.05, 4.69) is 20.7 Å². The smallest absolute Gasteiger partial charge is 0.460 e. The van der Waals surface area contributed by atoms with Gasteiger partial charge in [-0.05, 0) is 18.2 Å². The van der Waals surface area contributed by atoms with Gasteiger partial charge in [-0.1, -0.05) is 22.0 Å². The van der Waals surface area contributed by atoms with Crippen molar-refractivity contribution < 1.29 is 53.0 Å². The number of benzene rings is 1. The largest absolute Gasteiger partial charge is 0.487 e. The normalized spacial score (nSPS) is 14.6. The average molecular weight is 455 g/mol. The van der Waals surface area contributed by atoms with Crippen molar-refractivity contribution in [3.8, 4) is 5.75 Å². The van der Waals surface area contributed by atoms with Crippen LogP contribution in [0.25, 0.3) is 0 Å². The summed E-state index contributed by atoms with van der Waals surface area (Å²) in [6.07, 6.45) is -7.18. The molecule has 0 spiro atoms. The van der Waals surface area contributed by atoms with E-state index >= 15 is 0 Å². The molecule has 0 aliphatic carbocycles. The summed E-state index contributed by atoms with van der Waals surface area (Å²) < 4.78 is 144. The van der Waals surface area contributed by atoms with Crippen LogP contribution in [0.3, 0.4) is 0 Å². The Bertz CT molecular complexity index is 611. The number of rotatable bonds is 6. The maximum Gasteiger partial charge on any atom is 0.460 e. The molecule has 0 atom stereocenters. The Hall–Kier alpha value is -1.27. The summed E-state index contributed by atoms with van der Waals surface area (Å²) in [6, 6.07) is 4.39.